The summed E-state index contributed by atoms with van der Waals surface area (Å²) in [6.45, 7) is 5.39. The molecule has 0 saturated carbocycles. The number of piperazine rings is 1. The van der Waals surface area contributed by atoms with E-state index >= 15 is 0 Å². The number of hydrogen-bond acceptors (Lipinski definition) is 5. The SMILES string of the molecule is CCCCC1CN(C(=O)c2cccc3cccnc23)CCN1CC(N)CS.Cl.Cl.Cl. The van der Waals surface area contributed by atoms with E-state index in [1.165, 1.54) is 0 Å². The van der Waals surface area contributed by atoms with E-state index in [0.717, 1.165) is 56.3 Å². The maximum absolute atomic E-state index is 13.2. The molecule has 1 fully saturated rings. The van der Waals surface area contributed by atoms with Crippen LogP contribution in [0.25, 0.3) is 10.9 Å². The number of carbonyl (C=O) groups is 1. The minimum atomic E-state index is 0. The predicted octanol–water partition coefficient (Wildman–Crippen LogP) is 4.07. The third-order valence-corrected chi connectivity index (χ3v) is 5.82. The summed E-state index contributed by atoms with van der Waals surface area (Å²) in [5.41, 5.74) is 7.62. The van der Waals surface area contributed by atoms with Crippen molar-refractivity contribution in [3.05, 3.63) is 42.1 Å². The minimum absolute atomic E-state index is 0. The number of carbonyl (C=O) groups excluding carboxylic acids is 1. The normalized spacial score (nSPS) is 17.4. The fourth-order valence-electron chi connectivity index (χ4n) is 3.84. The molecule has 2 atom stereocenters. The van der Waals surface area contributed by atoms with E-state index in [0.29, 0.717) is 17.4 Å². The Morgan fingerprint density at radius 1 is 1.23 bits per heavy atom. The highest BCUT2D eigenvalue weighted by atomic mass is 35.5. The molecule has 30 heavy (non-hydrogen) atoms. The molecule has 0 radical (unpaired) electrons. The quantitative estimate of drug-likeness (QED) is 0.568. The van der Waals surface area contributed by atoms with E-state index in [1.807, 2.05) is 35.2 Å². The van der Waals surface area contributed by atoms with Crippen LogP contribution in [-0.4, -0.2) is 64.7 Å². The van der Waals surface area contributed by atoms with Gasteiger partial charge in [-0.25, -0.2) is 0 Å². The van der Waals surface area contributed by atoms with Crippen LogP contribution in [-0.2, 0) is 0 Å². The van der Waals surface area contributed by atoms with Crippen LogP contribution in [0.3, 0.4) is 0 Å². The highest BCUT2D eigenvalue weighted by Gasteiger charge is 2.30. The van der Waals surface area contributed by atoms with Gasteiger partial charge < -0.3 is 10.6 Å². The summed E-state index contributed by atoms with van der Waals surface area (Å²) in [5, 5.41) is 1.00. The van der Waals surface area contributed by atoms with Gasteiger partial charge in [0.2, 0.25) is 0 Å². The smallest absolute Gasteiger partial charge is 0.256 e. The third kappa shape index (κ3) is 7.14. The number of thiol groups is 1. The molecule has 2 heterocycles. The zero-order chi connectivity index (χ0) is 19.2. The second-order valence-corrected chi connectivity index (χ2v) is 7.73. The Morgan fingerprint density at radius 2 is 1.97 bits per heavy atom. The summed E-state index contributed by atoms with van der Waals surface area (Å²) >= 11 is 4.32. The number of nitrogens with zero attached hydrogens (tertiary/aromatic N) is 3. The van der Waals surface area contributed by atoms with E-state index in [2.05, 4.69) is 29.4 Å². The number of para-hydroxylation sites is 1. The molecular formula is C21H33Cl3N4OS. The number of nitrogens with two attached hydrogens (primary N) is 1. The van der Waals surface area contributed by atoms with Crippen molar-refractivity contribution >= 4 is 66.7 Å². The van der Waals surface area contributed by atoms with Gasteiger partial charge in [0.25, 0.3) is 5.91 Å². The number of rotatable bonds is 7. The van der Waals surface area contributed by atoms with E-state index in [1.54, 1.807) is 6.20 Å². The summed E-state index contributed by atoms with van der Waals surface area (Å²) in [7, 11) is 0. The lowest BCUT2D eigenvalue weighted by molar-refractivity contribution is 0.0450. The van der Waals surface area contributed by atoms with Gasteiger partial charge in [0.15, 0.2) is 0 Å². The fraction of sp³-hybridized carbons (Fsp3) is 0.524. The zero-order valence-electron chi connectivity index (χ0n) is 17.3. The Kier molecular flexibility index (Phi) is 14.0. The molecule has 5 nitrogen and oxygen atoms in total. The van der Waals surface area contributed by atoms with Crippen molar-refractivity contribution in [2.45, 2.75) is 38.3 Å². The van der Waals surface area contributed by atoms with Crippen molar-refractivity contribution in [3.63, 3.8) is 0 Å². The summed E-state index contributed by atoms with van der Waals surface area (Å²) in [4.78, 5) is 22.1. The van der Waals surface area contributed by atoms with Crippen molar-refractivity contribution in [1.29, 1.82) is 0 Å². The van der Waals surface area contributed by atoms with Crippen LogP contribution < -0.4 is 5.73 Å². The molecule has 0 bridgehead atoms. The van der Waals surface area contributed by atoms with Gasteiger partial charge in [-0.2, -0.15) is 12.6 Å². The largest absolute Gasteiger partial charge is 0.336 e. The second kappa shape index (κ2) is 14.3. The Morgan fingerprint density at radius 3 is 2.67 bits per heavy atom. The van der Waals surface area contributed by atoms with E-state index in [4.69, 9.17) is 5.73 Å². The van der Waals surface area contributed by atoms with Crippen molar-refractivity contribution in [2.24, 2.45) is 5.73 Å². The van der Waals surface area contributed by atoms with Crippen LogP contribution >= 0.6 is 49.8 Å². The van der Waals surface area contributed by atoms with E-state index in [-0.39, 0.29) is 49.2 Å². The van der Waals surface area contributed by atoms with Gasteiger partial charge in [-0.05, 0) is 18.6 Å². The van der Waals surface area contributed by atoms with Crippen LogP contribution in [0.5, 0.6) is 0 Å². The van der Waals surface area contributed by atoms with Gasteiger partial charge >= 0.3 is 0 Å². The molecule has 9 heteroatoms. The highest BCUT2D eigenvalue weighted by Crippen LogP contribution is 2.21. The van der Waals surface area contributed by atoms with Crippen molar-refractivity contribution < 1.29 is 4.79 Å². The second-order valence-electron chi connectivity index (χ2n) is 7.37. The average molecular weight is 496 g/mol. The topological polar surface area (TPSA) is 62.5 Å². The maximum Gasteiger partial charge on any atom is 0.256 e. The fourth-order valence-corrected chi connectivity index (χ4v) is 3.95. The maximum atomic E-state index is 13.2. The Balaban J connectivity index is 0.00000280. The molecule has 1 aromatic heterocycles. The van der Waals surface area contributed by atoms with Crippen LogP contribution in [0, 0.1) is 0 Å². The number of aromatic nitrogens is 1. The Labute approximate surface area is 203 Å². The van der Waals surface area contributed by atoms with E-state index in [9.17, 15) is 4.79 Å². The number of unbranched alkanes of at least 4 members (excludes halogenated alkanes) is 1. The molecule has 0 spiro atoms. The lowest BCUT2D eigenvalue weighted by Crippen LogP contribution is -2.57. The third-order valence-electron chi connectivity index (χ3n) is 5.35. The number of halogens is 3. The first-order valence-electron chi connectivity index (χ1n) is 9.87. The highest BCUT2D eigenvalue weighted by molar-refractivity contribution is 7.80. The van der Waals surface area contributed by atoms with Gasteiger partial charge in [-0.1, -0.05) is 38.0 Å². The predicted molar refractivity (Wildman–Crippen MR) is 136 cm³/mol. The van der Waals surface area contributed by atoms with Crippen molar-refractivity contribution in [1.82, 2.24) is 14.8 Å². The van der Waals surface area contributed by atoms with Crippen LogP contribution in [0.2, 0.25) is 0 Å². The molecule has 1 saturated heterocycles. The summed E-state index contributed by atoms with van der Waals surface area (Å²) < 4.78 is 0. The minimum Gasteiger partial charge on any atom is -0.336 e. The molecule has 2 aromatic rings. The molecule has 3 rings (SSSR count). The first kappa shape index (κ1) is 29.2. The molecular weight excluding hydrogens is 463 g/mol. The zero-order valence-corrected chi connectivity index (χ0v) is 20.6. The van der Waals surface area contributed by atoms with Gasteiger partial charge in [0.1, 0.15) is 0 Å². The summed E-state index contributed by atoms with van der Waals surface area (Å²) in [5.74, 6) is 0.764. The van der Waals surface area contributed by atoms with Crippen LogP contribution in [0.15, 0.2) is 36.5 Å². The number of benzene rings is 1. The van der Waals surface area contributed by atoms with Gasteiger partial charge in [0.05, 0.1) is 11.1 Å². The first-order chi connectivity index (χ1) is 13.1. The number of amides is 1. The first-order valence-corrected chi connectivity index (χ1v) is 10.5. The van der Waals surface area contributed by atoms with Crippen LogP contribution in [0.1, 0.15) is 36.5 Å². The summed E-state index contributed by atoms with van der Waals surface area (Å²) in [6, 6.07) is 10.2. The molecule has 1 amide bonds. The Hall–Kier alpha value is -0.760. The Bertz CT molecular complexity index is 778. The van der Waals surface area contributed by atoms with Crippen LogP contribution in [0.4, 0.5) is 0 Å². The van der Waals surface area contributed by atoms with Crippen molar-refractivity contribution in [2.75, 3.05) is 31.9 Å². The lowest BCUT2D eigenvalue weighted by Gasteiger charge is -2.42. The number of hydrogen-bond donors (Lipinski definition) is 2. The van der Waals surface area contributed by atoms with E-state index < -0.39 is 0 Å². The number of pyridine rings is 1. The molecule has 2 unspecified atom stereocenters. The van der Waals surface area contributed by atoms with Crippen molar-refractivity contribution in [3.8, 4) is 0 Å². The monoisotopic (exact) mass is 494 g/mol. The molecule has 1 aromatic carbocycles. The standard InChI is InChI=1S/C21H30N4OS.3ClH/c1-2-3-8-18-14-25(12-11-24(18)13-17(22)15-27)21(26)19-9-4-6-16-7-5-10-23-20(16)19;;;/h4-7,9-10,17-18,27H,2-3,8,11-15,22H2,1H3;3*1H. The molecule has 2 N–H and O–H groups in total. The van der Waals surface area contributed by atoms with Gasteiger partial charge in [-0.3, -0.25) is 14.7 Å². The number of fused-ring (bicyclic) bond motifs is 1. The summed E-state index contributed by atoms with van der Waals surface area (Å²) in [6.07, 6.45) is 5.16. The van der Waals surface area contributed by atoms with Gasteiger partial charge in [0, 0.05) is 55.6 Å². The van der Waals surface area contributed by atoms with Gasteiger partial charge in [-0.15, -0.1) is 37.2 Å². The molecule has 0 aliphatic carbocycles. The molecule has 170 valence electrons. The molecule has 1 aliphatic rings. The average Bonchev–Trinajstić information content (AvgIpc) is 2.71. The lowest BCUT2D eigenvalue weighted by atomic mass is 10.0. The molecule has 1 aliphatic heterocycles.